The largest absolute Gasteiger partial charge is 0.314 e. The number of piperazine rings is 1. The SMILES string of the molecule is CC(C)C[C@@H](c1cccc(Br)c1F)N1CCNCC1.Cl.Cl. The summed E-state index contributed by atoms with van der Waals surface area (Å²) in [6.07, 6.45) is 0.993. The summed E-state index contributed by atoms with van der Waals surface area (Å²) in [6.45, 7) is 8.36. The lowest BCUT2D eigenvalue weighted by Crippen LogP contribution is -2.45. The summed E-state index contributed by atoms with van der Waals surface area (Å²) in [5, 5.41) is 3.36. The van der Waals surface area contributed by atoms with E-state index in [2.05, 4.69) is 40.0 Å². The number of halogens is 4. The molecule has 0 amide bonds. The summed E-state index contributed by atoms with van der Waals surface area (Å²) < 4.78 is 14.9. The summed E-state index contributed by atoms with van der Waals surface area (Å²) in [6, 6.07) is 5.80. The average molecular weight is 402 g/mol. The van der Waals surface area contributed by atoms with Crippen molar-refractivity contribution in [2.75, 3.05) is 26.2 Å². The number of hydrogen-bond acceptors (Lipinski definition) is 2. The van der Waals surface area contributed by atoms with Crippen molar-refractivity contribution >= 4 is 40.7 Å². The van der Waals surface area contributed by atoms with Gasteiger partial charge < -0.3 is 5.32 Å². The molecule has 1 fully saturated rings. The van der Waals surface area contributed by atoms with E-state index < -0.39 is 0 Å². The fourth-order valence-electron chi connectivity index (χ4n) is 2.69. The zero-order valence-corrected chi connectivity index (χ0v) is 15.7. The van der Waals surface area contributed by atoms with Crippen molar-refractivity contribution < 1.29 is 4.39 Å². The minimum atomic E-state index is -0.105. The van der Waals surface area contributed by atoms with Gasteiger partial charge in [-0.25, -0.2) is 4.39 Å². The first-order chi connectivity index (χ1) is 9.09. The second kappa shape index (κ2) is 10.0. The molecule has 1 saturated heterocycles. The van der Waals surface area contributed by atoms with Gasteiger partial charge in [-0.15, -0.1) is 24.8 Å². The van der Waals surface area contributed by atoms with E-state index in [1.54, 1.807) is 6.07 Å². The predicted molar refractivity (Wildman–Crippen MR) is 95.2 cm³/mol. The smallest absolute Gasteiger partial charge is 0.142 e. The summed E-state index contributed by atoms with van der Waals surface area (Å²) in [5.74, 6) is 0.449. The second-order valence-corrected chi connectivity index (χ2v) is 6.43. The van der Waals surface area contributed by atoms with Crippen LogP contribution in [0.2, 0.25) is 0 Å². The predicted octanol–water partition coefficient (Wildman–Crippen LogP) is 4.42. The van der Waals surface area contributed by atoms with Crippen LogP contribution in [0.3, 0.4) is 0 Å². The highest BCUT2D eigenvalue weighted by Gasteiger charge is 2.25. The van der Waals surface area contributed by atoms with Gasteiger partial charge in [-0.05, 0) is 34.3 Å². The van der Waals surface area contributed by atoms with Crippen molar-refractivity contribution in [2.24, 2.45) is 5.92 Å². The molecule has 1 aromatic carbocycles. The van der Waals surface area contributed by atoms with Crippen LogP contribution in [-0.4, -0.2) is 31.1 Å². The zero-order chi connectivity index (χ0) is 13.8. The highest BCUT2D eigenvalue weighted by molar-refractivity contribution is 9.10. The number of rotatable bonds is 4. The van der Waals surface area contributed by atoms with Crippen molar-refractivity contribution in [1.82, 2.24) is 10.2 Å². The first kappa shape index (κ1) is 21.1. The lowest BCUT2D eigenvalue weighted by molar-refractivity contribution is 0.151. The van der Waals surface area contributed by atoms with Crippen LogP contribution in [0.5, 0.6) is 0 Å². The molecule has 1 aliphatic heterocycles. The van der Waals surface area contributed by atoms with Crippen LogP contribution in [-0.2, 0) is 0 Å². The van der Waals surface area contributed by atoms with Crippen LogP contribution >= 0.6 is 40.7 Å². The molecule has 0 saturated carbocycles. The van der Waals surface area contributed by atoms with Gasteiger partial charge in [0.1, 0.15) is 5.82 Å². The molecule has 0 radical (unpaired) electrons. The maximum Gasteiger partial charge on any atom is 0.142 e. The van der Waals surface area contributed by atoms with Gasteiger partial charge in [-0.3, -0.25) is 4.90 Å². The molecule has 21 heavy (non-hydrogen) atoms. The van der Waals surface area contributed by atoms with Crippen molar-refractivity contribution in [3.05, 3.63) is 34.1 Å². The lowest BCUT2D eigenvalue weighted by atomic mass is 9.94. The van der Waals surface area contributed by atoms with E-state index in [0.717, 1.165) is 38.2 Å². The molecule has 1 atom stereocenters. The molecular weight excluding hydrogens is 378 g/mol. The standard InChI is InChI=1S/C15H22BrFN2.2ClH/c1-11(2)10-14(19-8-6-18-7-9-19)12-4-3-5-13(16)15(12)17;;/h3-5,11,14,18H,6-10H2,1-2H3;2*1H/t14-;;/m0../s1. The van der Waals surface area contributed by atoms with Crippen LogP contribution < -0.4 is 5.32 Å². The highest BCUT2D eigenvalue weighted by Crippen LogP contribution is 2.32. The Bertz CT molecular complexity index is 426. The van der Waals surface area contributed by atoms with Gasteiger partial charge >= 0.3 is 0 Å². The van der Waals surface area contributed by atoms with Crippen molar-refractivity contribution in [1.29, 1.82) is 0 Å². The lowest BCUT2D eigenvalue weighted by Gasteiger charge is -2.36. The molecule has 0 aliphatic carbocycles. The van der Waals surface area contributed by atoms with E-state index >= 15 is 0 Å². The molecule has 0 unspecified atom stereocenters. The maximum atomic E-state index is 14.4. The third-order valence-electron chi connectivity index (χ3n) is 3.63. The van der Waals surface area contributed by atoms with Gasteiger partial charge in [0.2, 0.25) is 0 Å². The van der Waals surface area contributed by atoms with Crippen molar-refractivity contribution in [3.8, 4) is 0 Å². The van der Waals surface area contributed by atoms with Gasteiger partial charge in [0, 0.05) is 37.8 Å². The molecule has 0 aromatic heterocycles. The summed E-state index contributed by atoms with van der Waals surface area (Å²) in [4.78, 5) is 2.40. The Hall–Kier alpha value is 0.130. The molecule has 2 rings (SSSR count). The van der Waals surface area contributed by atoms with E-state index in [0.29, 0.717) is 10.4 Å². The molecular formula is C15H24BrCl2FN2. The van der Waals surface area contributed by atoms with E-state index in [9.17, 15) is 4.39 Å². The van der Waals surface area contributed by atoms with Crippen molar-refractivity contribution in [3.63, 3.8) is 0 Å². The molecule has 2 nitrogen and oxygen atoms in total. The van der Waals surface area contributed by atoms with E-state index in [-0.39, 0.29) is 36.7 Å². The average Bonchev–Trinajstić information content (AvgIpc) is 2.40. The normalized spacial score (nSPS) is 17.0. The monoisotopic (exact) mass is 400 g/mol. The molecule has 6 heteroatoms. The zero-order valence-electron chi connectivity index (χ0n) is 12.4. The highest BCUT2D eigenvalue weighted by atomic mass is 79.9. The van der Waals surface area contributed by atoms with Crippen LogP contribution in [0.1, 0.15) is 31.9 Å². The third kappa shape index (κ3) is 5.68. The Balaban J connectivity index is 0.00000200. The Morgan fingerprint density at radius 3 is 2.43 bits per heavy atom. The number of nitrogens with zero attached hydrogens (tertiary/aromatic N) is 1. The van der Waals surface area contributed by atoms with Crippen LogP contribution in [0, 0.1) is 11.7 Å². The Morgan fingerprint density at radius 2 is 1.86 bits per heavy atom. The molecule has 122 valence electrons. The van der Waals surface area contributed by atoms with Gasteiger partial charge in [-0.1, -0.05) is 26.0 Å². The summed E-state index contributed by atoms with van der Waals surface area (Å²) in [7, 11) is 0. The molecule has 1 aromatic rings. The van der Waals surface area contributed by atoms with Crippen LogP contribution in [0.25, 0.3) is 0 Å². The second-order valence-electron chi connectivity index (χ2n) is 5.57. The van der Waals surface area contributed by atoms with Gasteiger partial charge in [0.05, 0.1) is 4.47 Å². The summed E-state index contributed by atoms with van der Waals surface area (Å²) in [5.41, 5.74) is 0.824. The molecule has 1 aliphatic rings. The van der Waals surface area contributed by atoms with Crippen LogP contribution in [0.15, 0.2) is 22.7 Å². The minimum Gasteiger partial charge on any atom is -0.314 e. The first-order valence-corrected chi connectivity index (χ1v) is 7.77. The molecule has 0 spiro atoms. The quantitative estimate of drug-likeness (QED) is 0.802. The molecule has 1 N–H and O–H groups in total. The van der Waals surface area contributed by atoms with Gasteiger partial charge in [0.15, 0.2) is 0 Å². The van der Waals surface area contributed by atoms with Crippen LogP contribution in [0.4, 0.5) is 4.39 Å². The Labute approximate surface area is 147 Å². The van der Waals surface area contributed by atoms with E-state index in [1.165, 1.54) is 0 Å². The van der Waals surface area contributed by atoms with E-state index in [1.807, 2.05) is 12.1 Å². The third-order valence-corrected chi connectivity index (χ3v) is 4.24. The fraction of sp³-hybridized carbons (Fsp3) is 0.600. The Morgan fingerprint density at radius 1 is 1.24 bits per heavy atom. The first-order valence-electron chi connectivity index (χ1n) is 6.98. The number of hydrogen-bond donors (Lipinski definition) is 1. The van der Waals surface area contributed by atoms with E-state index in [4.69, 9.17) is 0 Å². The molecule has 0 bridgehead atoms. The van der Waals surface area contributed by atoms with Gasteiger partial charge in [-0.2, -0.15) is 0 Å². The minimum absolute atomic E-state index is 0. The van der Waals surface area contributed by atoms with Gasteiger partial charge in [0.25, 0.3) is 0 Å². The maximum absolute atomic E-state index is 14.4. The number of benzene rings is 1. The summed E-state index contributed by atoms with van der Waals surface area (Å²) >= 11 is 3.30. The number of nitrogens with one attached hydrogen (secondary N) is 1. The molecule has 1 heterocycles. The fourth-order valence-corrected chi connectivity index (χ4v) is 3.07. The Kier molecular flexibility index (Phi) is 10.1. The van der Waals surface area contributed by atoms with Crippen molar-refractivity contribution in [2.45, 2.75) is 26.3 Å². The topological polar surface area (TPSA) is 15.3 Å².